The smallest absolute Gasteiger partial charge is 0.223 e. The van der Waals surface area contributed by atoms with Gasteiger partial charge in [-0.1, -0.05) is 38.5 Å². The van der Waals surface area contributed by atoms with Gasteiger partial charge in [-0.15, -0.1) is 0 Å². The van der Waals surface area contributed by atoms with Crippen LogP contribution in [0.5, 0.6) is 0 Å². The second kappa shape index (κ2) is 6.26. The Morgan fingerprint density at radius 1 is 0.952 bits per heavy atom. The van der Waals surface area contributed by atoms with Crippen LogP contribution < -0.4 is 5.73 Å². The molecule has 0 atom stereocenters. The molecule has 116 valence electrons. The molecule has 2 N–H and O–H groups in total. The summed E-state index contributed by atoms with van der Waals surface area (Å²) in [5.74, 6) is 2.44. The predicted molar refractivity (Wildman–Crippen MR) is 81.8 cm³/mol. The highest BCUT2D eigenvalue weighted by Gasteiger charge is 2.37. The zero-order valence-electron chi connectivity index (χ0n) is 13.0. The number of nitrogens with two attached hydrogens (primary N) is 1. The number of nitrogen functional groups attached to an aromatic ring is 1. The number of anilines is 1. The van der Waals surface area contributed by atoms with E-state index in [9.17, 15) is 0 Å². The largest absolute Gasteiger partial charge is 0.370 e. The van der Waals surface area contributed by atoms with Gasteiger partial charge in [0, 0.05) is 13.0 Å². The molecule has 3 rings (SSSR count). The van der Waals surface area contributed by atoms with Crippen molar-refractivity contribution in [2.24, 2.45) is 0 Å². The molecule has 0 radical (unpaired) electrons. The molecule has 2 aliphatic rings. The summed E-state index contributed by atoms with van der Waals surface area (Å²) in [5.41, 5.74) is 5.62. The molecule has 1 aromatic rings. The monoisotopic (exact) mass is 290 g/mol. The minimum absolute atomic E-state index is 0.348. The Balaban J connectivity index is 1.92. The predicted octanol–water partition coefficient (Wildman–Crippen LogP) is 3.31. The van der Waals surface area contributed by atoms with Crippen molar-refractivity contribution in [3.05, 3.63) is 11.6 Å². The topological polar surface area (TPSA) is 73.9 Å². The number of aromatic nitrogens is 3. The third kappa shape index (κ3) is 3.03. The van der Waals surface area contributed by atoms with Crippen LogP contribution in [-0.4, -0.2) is 22.1 Å². The molecule has 5 heteroatoms. The Morgan fingerprint density at radius 3 is 2.29 bits per heavy atom. The van der Waals surface area contributed by atoms with Crippen LogP contribution in [0.15, 0.2) is 0 Å². The fraction of sp³-hybridized carbons (Fsp3) is 0.812. The fourth-order valence-corrected chi connectivity index (χ4v) is 3.80. The second-order valence-electron chi connectivity index (χ2n) is 6.47. The van der Waals surface area contributed by atoms with Gasteiger partial charge < -0.3 is 10.5 Å². The molecule has 2 aliphatic carbocycles. The first kappa shape index (κ1) is 14.7. The van der Waals surface area contributed by atoms with Gasteiger partial charge in [0.25, 0.3) is 0 Å². The van der Waals surface area contributed by atoms with Crippen LogP contribution in [0.25, 0.3) is 0 Å². The molecule has 2 saturated carbocycles. The molecule has 1 heterocycles. The molecule has 2 fully saturated rings. The van der Waals surface area contributed by atoms with Crippen LogP contribution in [-0.2, 0) is 10.3 Å². The lowest BCUT2D eigenvalue weighted by atomic mass is 9.83. The zero-order chi connectivity index (χ0) is 14.7. The summed E-state index contributed by atoms with van der Waals surface area (Å²) < 4.78 is 5.85. The highest BCUT2D eigenvalue weighted by atomic mass is 16.5. The Hall–Kier alpha value is -1.23. The van der Waals surface area contributed by atoms with Crippen LogP contribution in [0.3, 0.4) is 0 Å². The van der Waals surface area contributed by atoms with E-state index in [-0.39, 0.29) is 5.60 Å². The van der Waals surface area contributed by atoms with E-state index in [4.69, 9.17) is 15.5 Å². The molecular weight excluding hydrogens is 264 g/mol. The molecule has 0 unspecified atom stereocenters. The van der Waals surface area contributed by atoms with E-state index in [1.807, 2.05) is 0 Å². The van der Waals surface area contributed by atoms with Crippen molar-refractivity contribution in [2.75, 3.05) is 12.8 Å². The van der Waals surface area contributed by atoms with Crippen molar-refractivity contribution in [1.29, 1.82) is 0 Å². The van der Waals surface area contributed by atoms with Crippen molar-refractivity contribution in [3.8, 4) is 0 Å². The first-order valence-electron chi connectivity index (χ1n) is 8.30. The molecular formula is C16H26N4O. The average Bonchev–Trinajstić information content (AvgIpc) is 2.56. The van der Waals surface area contributed by atoms with Crippen molar-refractivity contribution in [2.45, 2.75) is 75.7 Å². The third-order valence-electron chi connectivity index (χ3n) is 5.10. The van der Waals surface area contributed by atoms with Gasteiger partial charge in [-0.3, -0.25) is 0 Å². The van der Waals surface area contributed by atoms with Crippen molar-refractivity contribution in [3.63, 3.8) is 0 Å². The molecule has 0 spiro atoms. The van der Waals surface area contributed by atoms with Gasteiger partial charge in [-0.2, -0.15) is 9.97 Å². The molecule has 0 aliphatic heterocycles. The van der Waals surface area contributed by atoms with E-state index in [2.05, 4.69) is 9.97 Å². The second-order valence-corrected chi connectivity index (χ2v) is 6.47. The lowest BCUT2D eigenvalue weighted by molar-refractivity contribution is -0.0517. The molecule has 0 amide bonds. The molecule has 0 bridgehead atoms. The van der Waals surface area contributed by atoms with Gasteiger partial charge in [-0.25, -0.2) is 4.98 Å². The summed E-state index contributed by atoms with van der Waals surface area (Å²) in [7, 11) is 1.77. The minimum atomic E-state index is -0.348. The number of hydrogen-bond acceptors (Lipinski definition) is 5. The summed E-state index contributed by atoms with van der Waals surface area (Å²) in [6.45, 7) is 0. The third-order valence-corrected chi connectivity index (χ3v) is 5.10. The molecule has 0 aromatic carbocycles. The van der Waals surface area contributed by atoms with Crippen LogP contribution in [0.2, 0.25) is 0 Å². The van der Waals surface area contributed by atoms with Crippen LogP contribution in [0, 0.1) is 0 Å². The minimum Gasteiger partial charge on any atom is -0.370 e. The van der Waals surface area contributed by atoms with Gasteiger partial charge in [0.2, 0.25) is 5.95 Å². The maximum Gasteiger partial charge on any atom is 0.223 e. The van der Waals surface area contributed by atoms with Crippen molar-refractivity contribution < 1.29 is 4.74 Å². The normalized spacial score (nSPS) is 23.1. The van der Waals surface area contributed by atoms with E-state index in [1.165, 1.54) is 38.5 Å². The summed E-state index contributed by atoms with van der Waals surface area (Å²) in [6.07, 6.45) is 11.8. The maximum atomic E-state index is 5.97. The first-order chi connectivity index (χ1) is 10.2. The Morgan fingerprint density at radius 2 is 1.62 bits per heavy atom. The average molecular weight is 290 g/mol. The lowest BCUT2D eigenvalue weighted by Crippen LogP contribution is -2.34. The highest BCUT2D eigenvalue weighted by Crippen LogP contribution is 2.39. The lowest BCUT2D eigenvalue weighted by Gasteiger charge is -2.34. The summed E-state index contributed by atoms with van der Waals surface area (Å²) >= 11 is 0. The number of methoxy groups -OCH3 is 1. The summed E-state index contributed by atoms with van der Waals surface area (Å²) in [5, 5.41) is 0. The Labute approximate surface area is 126 Å². The number of hydrogen-bond donors (Lipinski definition) is 1. The van der Waals surface area contributed by atoms with Crippen molar-refractivity contribution >= 4 is 5.95 Å². The van der Waals surface area contributed by atoms with Gasteiger partial charge in [0.15, 0.2) is 5.82 Å². The molecule has 21 heavy (non-hydrogen) atoms. The molecule has 1 aromatic heterocycles. The summed E-state index contributed by atoms with van der Waals surface area (Å²) in [6, 6.07) is 0. The maximum absolute atomic E-state index is 5.97. The SMILES string of the molecule is COC1(c2nc(N)nc(C3CCCCC3)n2)CCCCC1. The van der Waals surface area contributed by atoms with Crippen LogP contribution in [0.4, 0.5) is 5.95 Å². The van der Waals surface area contributed by atoms with E-state index >= 15 is 0 Å². The van der Waals surface area contributed by atoms with E-state index in [1.54, 1.807) is 7.11 Å². The standard InChI is InChI=1S/C16H26N4O/c1-21-16(10-6-3-7-11-16)14-18-13(19-15(17)20-14)12-8-4-2-5-9-12/h12H,2-11H2,1H3,(H2,17,18,19,20). The number of ether oxygens (including phenoxy) is 1. The van der Waals surface area contributed by atoms with Gasteiger partial charge >= 0.3 is 0 Å². The fourth-order valence-electron chi connectivity index (χ4n) is 3.80. The first-order valence-corrected chi connectivity index (χ1v) is 8.30. The Kier molecular flexibility index (Phi) is 4.38. The van der Waals surface area contributed by atoms with Gasteiger partial charge in [-0.05, 0) is 25.7 Å². The van der Waals surface area contributed by atoms with Gasteiger partial charge in [0.1, 0.15) is 11.4 Å². The molecule has 5 nitrogen and oxygen atoms in total. The quantitative estimate of drug-likeness (QED) is 0.924. The van der Waals surface area contributed by atoms with Crippen LogP contribution >= 0.6 is 0 Å². The van der Waals surface area contributed by atoms with Gasteiger partial charge in [0.05, 0.1) is 0 Å². The van der Waals surface area contributed by atoms with Crippen molar-refractivity contribution in [1.82, 2.24) is 15.0 Å². The van der Waals surface area contributed by atoms with E-state index in [0.29, 0.717) is 11.9 Å². The Bertz CT molecular complexity index is 479. The summed E-state index contributed by atoms with van der Waals surface area (Å²) in [4.78, 5) is 13.6. The number of rotatable bonds is 3. The number of nitrogens with zero attached hydrogens (tertiary/aromatic N) is 3. The molecule has 0 saturated heterocycles. The van der Waals surface area contributed by atoms with Crippen LogP contribution in [0.1, 0.15) is 81.8 Å². The highest BCUT2D eigenvalue weighted by molar-refractivity contribution is 5.21. The zero-order valence-corrected chi connectivity index (χ0v) is 13.0. The van der Waals surface area contributed by atoms with E-state index < -0.39 is 0 Å². The van der Waals surface area contributed by atoms with E-state index in [0.717, 1.165) is 37.3 Å².